The van der Waals surface area contributed by atoms with E-state index in [0.717, 1.165) is 6.20 Å². The molecule has 5 heteroatoms. The normalized spacial score (nSPS) is 12.9. The summed E-state index contributed by atoms with van der Waals surface area (Å²) in [5.74, 6) is 0. The number of alkyl halides is 3. The number of nitrogens with zero attached hydrogens (tertiary/aromatic N) is 1. The van der Waals surface area contributed by atoms with Gasteiger partial charge in [-0.3, -0.25) is 4.98 Å². The minimum absolute atomic E-state index is 0.178. The topological polar surface area (TPSA) is 12.9 Å². The van der Waals surface area contributed by atoms with Crippen LogP contribution in [0.3, 0.4) is 0 Å². The van der Waals surface area contributed by atoms with Crippen molar-refractivity contribution in [2.24, 2.45) is 0 Å². The van der Waals surface area contributed by atoms with Crippen LogP contribution >= 0.6 is 11.8 Å². The van der Waals surface area contributed by atoms with Gasteiger partial charge in [0.1, 0.15) is 0 Å². The zero-order chi connectivity index (χ0) is 11.7. The molecule has 0 aliphatic rings. The van der Waals surface area contributed by atoms with Crippen molar-refractivity contribution in [3.05, 3.63) is 24.0 Å². The summed E-state index contributed by atoms with van der Waals surface area (Å²) in [5.41, 5.74) is -0.801. The summed E-state index contributed by atoms with van der Waals surface area (Å²) in [6.07, 6.45) is -3.22. The molecule has 1 aromatic heterocycles. The van der Waals surface area contributed by atoms with E-state index in [9.17, 15) is 13.2 Å². The minimum Gasteiger partial charge on any atom is -0.251 e. The van der Waals surface area contributed by atoms with Crippen molar-refractivity contribution in [3.8, 4) is 0 Å². The Labute approximate surface area is 91.1 Å². The lowest BCUT2D eigenvalue weighted by Gasteiger charge is -2.19. The molecule has 0 bridgehead atoms. The first-order chi connectivity index (χ1) is 6.70. The molecular formula is C10H12F3NS. The lowest BCUT2D eigenvalue weighted by atomic mass is 10.3. The van der Waals surface area contributed by atoms with Crippen molar-refractivity contribution in [2.45, 2.75) is 36.6 Å². The molecule has 0 radical (unpaired) electrons. The zero-order valence-electron chi connectivity index (χ0n) is 8.72. The molecule has 1 aromatic rings. The van der Waals surface area contributed by atoms with E-state index in [2.05, 4.69) is 4.98 Å². The van der Waals surface area contributed by atoms with Crippen molar-refractivity contribution < 1.29 is 13.2 Å². The molecule has 15 heavy (non-hydrogen) atoms. The Bertz CT molecular complexity index is 341. The first-order valence-electron chi connectivity index (χ1n) is 4.41. The third kappa shape index (κ3) is 3.74. The van der Waals surface area contributed by atoms with Gasteiger partial charge in [-0.25, -0.2) is 0 Å². The molecular weight excluding hydrogens is 223 g/mol. The molecule has 0 atom stereocenters. The third-order valence-electron chi connectivity index (χ3n) is 1.46. The third-order valence-corrected chi connectivity index (χ3v) is 2.62. The summed E-state index contributed by atoms with van der Waals surface area (Å²) in [6.45, 7) is 5.60. The van der Waals surface area contributed by atoms with Gasteiger partial charge in [0, 0.05) is 15.8 Å². The van der Waals surface area contributed by atoms with Crippen LogP contribution in [0.4, 0.5) is 13.2 Å². The van der Waals surface area contributed by atoms with E-state index in [-0.39, 0.29) is 9.64 Å². The number of thioether (sulfide) groups is 1. The van der Waals surface area contributed by atoms with Crippen LogP contribution in [0, 0.1) is 0 Å². The number of rotatable bonds is 1. The summed E-state index contributed by atoms with van der Waals surface area (Å²) in [6, 6.07) is 2.97. The molecule has 0 aliphatic carbocycles. The number of halogens is 3. The maximum atomic E-state index is 12.5. The van der Waals surface area contributed by atoms with E-state index in [0.29, 0.717) is 0 Å². The molecule has 1 rings (SSSR count). The van der Waals surface area contributed by atoms with Crippen LogP contribution in [0.1, 0.15) is 26.5 Å². The minimum atomic E-state index is -4.38. The van der Waals surface area contributed by atoms with Gasteiger partial charge in [-0.15, -0.1) is 11.8 Å². The van der Waals surface area contributed by atoms with Gasteiger partial charge in [0.2, 0.25) is 0 Å². The van der Waals surface area contributed by atoms with E-state index in [1.807, 2.05) is 20.8 Å². The van der Waals surface area contributed by atoms with E-state index in [1.54, 1.807) is 0 Å². The first kappa shape index (κ1) is 12.4. The van der Waals surface area contributed by atoms with E-state index < -0.39 is 11.9 Å². The average molecular weight is 235 g/mol. The van der Waals surface area contributed by atoms with Crippen LogP contribution in [0.25, 0.3) is 0 Å². The van der Waals surface area contributed by atoms with E-state index >= 15 is 0 Å². The van der Waals surface area contributed by atoms with Crippen molar-refractivity contribution >= 4 is 11.8 Å². The Morgan fingerprint density at radius 3 is 2.27 bits per heavy atom. The molecule has 1 nitrogen and oxygen atoms in total. The molecule has 0 aliphatic heterocycles. The van der Waals surface area contributed by atoms with Crippen LogP contribution in [0.5, 0.6) is 0 Å². The second kappa shape index (κ2) is 4.04. The van der Waals surface area contributed by atoms with Gasteiger partial charge in [-0.1, -0.05) is 20.8 Å². The first-order valence-corrected chi connectivity index (χ1v) is 5.23. The average Bonchev–Trinajstić information content (AvgIpc) is 1.99. The molecule has 0 fully saturated rings. The number of hydrogen-bond donors (Lipinski definition) is 0. The maximum absolute atomic E-state index is 12.5. The summed E-state index contributed by atoms with van der Waals surface area (Å²) in [5, 5.41) is 0. The zero-order valence-corrected chi connectivity index (χ0v) is 9.54. The number of hydrogen-bond acceptors (Lipinski definition) is 2. The van der Waals surface area contributed by atoms with Crippen LogP contribution < -0.4 is 0 Å². The highest BCUT2D eigenvalue weighted by molar-refractivity contribution is 8.00. The molecule has 0 saturated heterocycles. The van der Waals surface area contributed by atoms with Crippen LogP contribution in [-0.2, 0) is 6.18 Å². The van der Waals surface area contributed by atoms with Gasteiger partial charge in [0.15, 0.2) is 5.69 Å². The summed E-state index contributed by atoms with van der Waals surface area (Å²) < 4.78 is 37.4. The molecule has 1 heterocycles. The second-order valence-electron chi connectivity index (χ2n) is 4.06. The Morgan fingerprint density at radius 2 is 1.80 bits per heavy atom. The predicted octanol–water partition coefficient (Wildman–Crippen LogP) is 3.99. The lowest BCUT2D eigenvalue weighted by Crippen LogP contribution is -2.13. The quantitative estimate of drug-likeness (QED) is 0.682. The molecule has 84 valence electrons. The lowest BCUT2D eigenvalue weighted by molar-refractivity contribution is -0.143. The Balaban J connectivity index is 3.08. The Hall–Kier alpha value is -0.710. The molecule has 0 N–H and O–H groups in total. The van der Waals surface area contributed by atoms with Gasteiger partial charge in [-0.05, 0) is 12.1 Å². The molecule has 0 amide bonds. The second-order valence-corrected chi connectivity index (χ2v) is 5.93. The molecule has 0 saturated carbocycles. The molecule has 0 spiro atoms. The van der Waals surface area contributed by atoms with Gasteiger partial charge in [0.05, 0.1) is 0 Å². The smallest absolute Gasteiger partial charge is 0.251 e. The van der Waals surface area contributed by atoms with Gasteiger partial charge >= 0.3 is 6.18 Å². The SMILES string of the molecule is CC(C)(C)Sc1cccnc1C(F)(F)F. The van der Waals surface area contributed by atoms with Crippen molar-refractivity contribution in [2.75, 3.05) is 0 Å². The standard InChI is InChI=1S/C10H12F3NS/c1-9(2,3)15-7-5-4-6-14-8(7)10(11,12)13/h4-6H,1-3H3. The predicted molar refractivity (Wildman–Crippen MR) is 54.8 cm³/mol. The van der Waals surface area contributed by atoms with Crippen molar-refractivity contribution in [3.63, 3.8) is 0 Å². The van der Waals surface area contributed by atoms with Crippen LogP contribution in [0.2, 0.25) is 0 Å². The van der Waals surface area contributed by atoms with Crippen molar-refractivity contribution in [1.82, 2.24) is 4.98 Å². The highest BCUT2D eigenvalue weighted by Crippen LogP contribution is 2.39. The fourth-order valence-electron chi connectivity index (χ4n) is 1.02. The van der Waals surface area contributed by atoms with Gasteiger partial charge in [0.25, 0.3) is 0 Å². The van der Waals surface area contributed by atoms with Crippen molar-refractivity contribution in [1.29, 1.82) is 0 Å². The van der Waals surface area contributed by atoms with E-state index in [1.165, 1.54) is 23.9 Å². The Kier molecular flexibility index (Phi) is 3.33. The fourth-order valence-corrected chi connectivity index (χ4v) is 2.09. The summed E-state index contributed by atoms with van der Waals surface area (Å²) in [4.78, 5) is 3.57. The summed E-state index contributed by atoms with van der Waals surface area (Å²) >= 11 is 1.17. The highest BCUT2D eigenvalue weighted by atomic mass is 32.2. The van der Waals surface area contributed by atoms with Gasteiger partial charge < -0.3 is 0 Å². The van der Waals surface area contributed by atoms with E-state index in [4.69, 9.17) is 0 Å². The largest absolute Gasteiger partial charge is 0.434 e. The monoisotopic (exact) mass is 235 g/mol. The highest BCUT2D eigenvalue weighted by Gasteiger charge is 2.36. The number of aromatic nitrogens is 1. The molecule has 0 unspecified atom stereocenters. The number of pyridine rings is 1. The fraction of sp³-hybridized carbons (Fsp3) is 0.500. The van der Waals surface area contributed by atoms with Crippen LogP contribution in [0.15, 0.2) is 23.2 Å². The van der Waals surface area contributed by atoms with Crippen LogP contribution in [-0.4, -0.2) is 9.73 Å². The molecule has 0 aromatic carbocycles. The summed E-state index contributed by atoms with van der Waals surface area (Å²) in [7, 11) is 0. The maximum Gasteiger partial charge on any atom is 0.434 e. The Morgan fingerprint density at radius 1 is 1.20 bits per heavy atom. The van der Waals surface area contributed by atoms with Gasteiger partial charge in [-0.2, -0.15) is 13.2 Å².